The van der Waals surface area contributed by atoms with Crippen molar-refractivity contribution >= 4 is 17.7 Å². The molecular formula is C18H29N3S. The number of thioether (sulfide) groups is 1. The third kappa shape index (κ3) is 5.56. The van der Waals surface area contributed by atoms with Crippen LogP contribution >= 0.6 is 11.8 Å². The van der Waals surface area contributed by atoms with E-state index in [4.69, 9.17) is 0 Å². The summed E-state index contributed by atoms with van der Waals surface area (Å²) in [6, 6.07) is 10.8. The lowest BCUT2D eigenvalue weighted by molar-refractivity contribution is 0.459. The minimum atomic E-state index is 0.748. The Kier molecular flexibility index (Phi) is 7.64. The summed E-state index contributed by atoms with van der Waals surface area (Å²) in [5.41, 5.74) is 1.45. The summed E-state index contributed by atoms with van der Waals surface area (Å²) in [4.78, 5) is 6.87. The maximum Gasteiger partial charge on any atom is 0.193 e. The van der Waals surface area contributed by atoms with Gasteiger partial charge < -0.3 is 10.2 Å². The molecule has 1 fully saturated rings. The van der Waals surface area contributed by atoms with Crippen LogP contribution in [0.15, 0.2) is 35.3 Å². The van der Waals surface area contributed by atoms with E-state index in [-0.39, 0.29) is 0 Å². The summed E-state index contributed by atoms with van der Waals surface area (Å²) in [5, 5.41) is 3.52. The average molecular weight is 320 g/mol. The maximum atomic E-state index is 4.46. The van der Waals surface area contributed by atoms with Gasteiger partial charge in [-0.1, -0.05) is 30.3 Å². The van der Waals surface area contributed by atoms with Gasteiger partial charge in [0, 0.05) is 26.7 Å². The van der Waals surface area contributed by atoms with Crippen LogP contribution in [-0.2, 0) is 6.42 Å². The largest absolute Gasteiger partial charge is 0.356 e. The fraction of sp³-hybridized carbons (Fsp3) is 0.611. The summed E-state index contributed by atoms with van der Waals surface area (Å²) in [6.07, 6.45) is 7.12. The second kappa shape index (κ2) is 9.78. The van der Waals surface area contributed by atoms with Crippen molar-refractivity contribution in [2.45, 2.75) is 25.7 Å². The lowest BCUT2D eigenvalue weighted by Crippen LogP contribution is -2.40. The third-order valence-electron chi connectivity index (χ3n) is 4.22. The molecule has 1 aromatic carbocycles. The molecule has 1 saturated heterocycles. The summed E-state index contributed by atoms with van der Waals surface area (Å²) in [7, 11) is 1.90. The van der Waals surface area contributed by atoms with Gasteiger partial charge in [0.2, 0.25) is 0 Å². The van der Waals surface area contributed by atoms with Gasteiger partial charge in [0.1, 0.15) is 0 Å². The van der Waals surface area contributed by atoms with Crippen LogP contribution in [0.4, 0.5) is 0 Å². The Bertz CT molecular complexity index is 447. The molecule has 1 atom stereocenters. The van der Waals surface area contributed by atoms with Crippen molar-refractivity contribution in [1.82, 2.24) is 10.2 Å². The van der Waals surface area contributed by atoms with Gasteiger partial charge in [-0.15, -0.1) is 0 Å². The van der Waals surface area contributed by atoms with Crippen LogP contribution in [0.5, 0.6) is 0 Å². The highest BCUT2D eigenvalue weighted by molar-refractivity contribution is 7.98. The number of nitrogens with zero attached hydrogens (tertiary/aromatic N) is 2. The summed E-state index contributed by atoms with van der Waals surface area (Å²) in [5.74, 6) is 3.08. The van der Waals surface area contributed by atoms with Crippen LogP contribution < -0.4 is 5.32 Å². The molecule has 0 spiro atoms. The standard InChI is InChI=1S/C18H29N3S/c1-19-18(20-11-6-7-13-22-2)21-12-10-17(15-21)14-16-8-4-3-5-9-16/h3-5,8-9,17H,6-7,10-15H2,1-2H3,(H,19,20). The molecule has 1 aliphatic heterocycles. The normalized spacial score (nSPS) is 18.7. The first kappa shape index (κ1) is 17.2. The monoisotopic (exact) mass is 319 g/mol. The minimum absolute atomic E-state index is 0.748. The van der Waals surface area contributed by atoms with Gasteiger partial charge in [0.05, 0.1) is 0 Å². The number of rotatable bonds is 7. The molecule has 22 heavy (non-hydrogen) atoms. The fourth-order valence-electron chi connectivity index (χ4n) is 3.04. The number of guanidine groups is 1. The zero-order chi connectivity index (χ0) is 15.6. The molecule has 0 amide bonds. The Morgan fingerprint density at radius 3 is 2.86 bits per heavy atom. The van der Waals surface area contributed by atoms with E-state index in [1.807, 2.05) is 18.8 Å². The lowest BCUT2D eigenvalue weighted by Gasteiger charge is -2.21. The third-order valence-corrected chi connectivity index (χ3v) is 4.92. The van der Waals surface area contributed by atoms with Crippen molar-refractivity contribution in [2.24, 2.45) is 10.9 Å². The van der Waals surface area contributed by atoms with Crippen molar-refractivity contribution in [3.05, 3.63) is 35.9 Å². The Hall–Kier alpha value is -1.16. The van der Waals surface area contributed by atoms with Gasteiger partial charge in [-0.05, 0) is 49.2 Å². The van der Waals surface area contributed by atoms with E-state index < -0.39 is 0 Å². The second-order valence-electron chi connectivity index (χ2n) is 5.96. The molecule has 0 saturated carbocycles. The molecule has 0 aliphatic carbocycles. The first-order chi connectivity index (χ1) is 10.8. The van der Waals surface area contributed by atoms with Crippen molar-refractivity contribution in [3.8, 4) is 0 Å². The SMILES string of the molecule is CN=C(NCCCCSC)N1CCC(Cc2ccccc2)C1. The number of benzene rings is 1. The molecule has 0 bridgehead atoms. The highest BCUT2D eigenvalue weighted by Gasteiger charge is 2.24. The van der Waals surface area contributed by atoms with Crippen LogP contribution in [0.25, 0.3) is 0 Å². The molecule has 0 aromatic heterocycles. The fourth-order valence-corrected chi connectivity index (χ4v) is 3.54. The van der Waals surface area contributed by atoms with Crippen LogP contribution in [0, 0.1) is 5.92 Å². The lowest BCUT2D eigenvalue weighted by atomic mass is 9.99. The van der Waals surface area contributed by atoms with Crippen LogP contribution in [0.3, 0.4) is 0 Å². The maximum absolute atomic E-state index is 4.46. The Morgan fingerprint density at radius 1 is 1.32 bits per heavy atom. The van der Waals surface area contributed by atoms with E-state index in [2.05, 4.69) is 51.8 Å². The van der Waals surface area contributed by atoms with E-state index in [0.29, 0.717) is 0 Å². The molecule has 1 N–H and O–H groups in total. The van der Waals surface area contributed by atoms with Crippen molar-refractivity contribution in [2.75, 3.05) is 38.7 Å². The number of hydrogen-bond donors (Lipinski definition) is 1. The number of likely N-dealkylation sites (tertiary alicyclic amines) is 1. The first-order valence-corrected chi connectivity index (χ1v) is 9.71. The smallest absolute Gasteiger partial charge is 0.193 e. The zero-order valence-electron chi connectivity index (χ0n) is 13.9. The van der Waals surface area contributed by atoms with E-state index in [0.717, 1.165) is 31.5 Å². The predicted octanol–water partition coefficient (Wildman–Crippen LogP) is 3.27. The quantitative estimate of drug-likeness (QED) is 0.475. The number of unbranched alkanes of at least 4 members (excludes halogenated alkanes) is 1. The molecule has 1 aromatic rings. The molecule has 122 valence electrons. The topological polar surface area (TPSA) is 27.6 Å². The van der Waals surface area contributed by atoms with Gasteiger partial charge in [-0.25, -0.2) is 0 Å². The molecule has 1 heterocycles. The zero-order valence-corrected chi connectivity index (χ0v) is 14.7. The first-order valence-electron chi connectivity index (χ1n) is 8.32. The summed E-state index contributed by atoms with van der Waals surface area (Å²) < 4.78 is 0. The molecule has 1 aliphatic rings. The van der Waals surface area contributed by atoms with Crippen LogP contribution in [0.2, 0.25) is 0 Å². The van der Waals surface area contributed by atoms with Gasteiger partial charge in [-0.2, -0.15) is 11.8 Å². The van der Waals surface area contributed by atoms with E-state index in [1.165, 1.54) is 37.0 Å². The van der Waals surface area contributed by atoms with E-state index in [1.54, 1.807) is 0 Å². The van der Waals surface area contributed by atoms with Crippen LogP contribution in [0.1, 0.15) is 24.8 Å². The van der Waals surface area contributed by atoms with Crippen molar-refractivity contribution in [1.29, 1.82) is 0 Å². The molecule has 4 heteroatoms. The van der Waals surface area contributed by atoms with Gasteiger partial charge in [0.15, 0.2) is 5.96 Å². The molecule has 1 unspecified atom stereocenters. The molecule has 0 radical (unpaired) electrons. The number of nitrogens with one attached hydrogen (secondary N) is 1. The highest BCUT2D eigenvalue weighted by Crippen LogP contribution is 2.20. The second-order valence-corrected chi connectivity index (χ2v) is 6.95. The predicted molar refractivity (Wildman–Crippen MR) is 98.8 cm³/mol. The summed E-state index contributed by atoms with van der Waals surface area (Å²) >= 11 is 1.92. The van der Waals surface area contributed by atoms with Crippen molar-refractivity contribution < 1.29 is 0 Å². The Labute approximate surface area is 139 Å². The van der Waals surface area contributed by atoms with Crippen molar-refractivity contribution in [3.63, 3.8) is 0 Å². The van der Waals surface area contributed by atoms with Gasteiger partial charge in [0.25, 0.3) is 0 Å². The van der Waals surface area contributed by atoms with Gasteiger partial charge >= 0.3 is 0 Å². The van der Waals surface area contributed by atoms with E-state index in [9.17, 15) is 0 Å². The highest BCUT2D eigenvalue weighted by atomic mass is 32.2. The van der Waals surface area contributed by atoms with Gasteiger partial charge in [-0.3, -0.25) is 4.99 Å². The number of hydrogen-bond acceptors (Lipinski definition) is 2. The number of aliphatic imine (C=N–C) groups is 1. The van der Waals surface area contributed by atoms with Crippen LogP contribution in [-0.4, -0.2) is 49.6 Å². The van der Waals surface area contributed by atoms with E-state index >= 15 is 0 Å². The Morgan fingerprint density at radius 2 is 2.14 bits per heavy atom. The summed E-state index contributed by atoms with van der Waals surface area (Å²) in [6.45, 7) is 3.29. The molecule has 3 nitrogen and oxygen atoms in total. The average Bonchev–Trinajstić information content (AvgIpc) is 3.00. The Balaban J connectivity index is 1.73. The molecular weight excluding hydrogens is 290 g/mol. The minimum Gasteiger partial charge on any atom is -0.356 e. The molecule has 2 rings (SSSR count).